The van der Waals surface area contributed by atoms with E-state index in [-0.39, 0.29) is 5.92 Å². The monoisotopic (exact) mass is 242 g/mol. The normalized spacial score (nSPS) is 20.3. The van der Waals surface area contributed by atoms with Crippen LogP contribution in [0, 0.1) is 0 Å². The van der Waals surface area contributed by atoms with Gasteiger partial charge in [-0.1, -0.05) is 48.6 Å². The SMILES string of the molecule is CO/C=C1/C=CC=CC1c1ccccc1COC. The first-order valence-electron chi connectivity index (χ1n) is 6.01. The second kappa shape index (κ2) is 6.22. The molecule has 1 aromatic rings. The van der Waals surface area contributed by atoms with E-state index in [2.05, 4.69) is 36.4 Å². The van der Waals surface area contributed by atoms with E-state index >= 15 is 0 Å². The van der Waals surface area contributed by atoms with Gasteiger partial charge in [0.2, 0.25) is 0 Å². The van der Waals surface area contributed by atoms with Crippen molar-refractivity contribution in [1.29, 1.82) is 0 Å². The molecule has 94 valence electrons. The van der Waals surface area contributed by atoms with Crippen LogP contribution in [0.4, 0.5) is 0 Å². The van der Waals surface area contributed by atoms with Gasteiger partial charge in [0.05, 0.1) is 20.0 Å². The minimum atomic E-state index is 0.237. The van der Waals surface area contributed by atoms with E-state index in [1.165, 1.54) is 11.1 Å². The number of hydrogen-bond acceptors (Lipinski definition) is 2. The maximum absolute atomic E-state index is 5.26. The highest BCUT2D eigenvalue weighted by Crippen LogP contribution is 2.32. The molecule has 0 radical (unpaired) electrons. The molecular weight excluding hydrogens is 224 g/mol. The zero-order chi connectivity index (χ0) is 12.8. The lowest BCUT2D eigenvalue weighted by Gasteiger charge is -2.20. The number of benzene rings is 1. The third kappa shape index (κ3) is 2.71. The molecule has 1 atom stereocenters. The van der Waals surface area contributed by atoms with E-state index in [9.17, 15) is 0 Å². The number of ether oxygens (including phenoxy) is 2. The van der Waals surface area contributed by atoms with Crippen LogP contribution in [0.1, 0.15) is 17.0 Å². The van der Waals surface area contributed by atoms with Crippen molar-refractivity contribution in [3.8, 4) is 0 Å². The van der Waals surface area contributed by atoms with Gasteiger partial charge in [-0.15, -0.1) is 0 Å². The van der Waals surface area contributed by atoms with Crippen molar-refractivity contribution in [3.05, 3.63) is 71.5 Å². The number of allylic oxidation sites excluding steroid dienone is 5. The Morgan fingerprint density at radius 3 is 2.78 bits per heavy atom. The zero-order valence-corrected chi connectivity index (χ0v) is 10.8. The van der Waals surface area contributed by atoms with Crippen LogP contribution in [-0.4, -0.2) is 14.2 Å². The highest BCUT2D eigenvalue weighted by atomic mass is 16.5. The Kier molecular flexibility index (Phi) is 4.37. The average molecular weight is 242 g/mol. The van der Waals surface area contributed by atoms with Gasteiger partial charge in [-0.2, -0.15) is 0 Å². The Labute approximate surface area is 108 Å². The topological polar surface area (TPSA) is 18.5 Å². The molecular formula is C16H18O2. The Morgan fingerprint density at radius 1 is 1.17 bits per heavy atom. The Morgan fingerprint density at radius 2 is 2.00 bits per heavy atom. The van der Waals surface area contributed by atoms with Crippen LogP contribution in [0.25, 0.3) is 0 Å². The Balaban J connectivity index is 2.38. The second-order valence-corrected chi connectivity index (χ2v) is 4.21. The quantitative estimate of drug-likeness (QED) is 0.751. The summed E-state index contributed by atoms with van der Waals surface area (Å²) in [5.41, 5.74) is 3.64. The van der Waals surface area contributed by atoms with Crippen LogP contribution in [0.5, 0.6) is 0 Å². The smallest absolute Gasteiger partial charge is 0.0866 e. The lowest BCUT2D eigenvalue weighted by atomic mass is 9.86. The summed E-state index contributed by atoms with van der Waals surface area (Å²) in [4.78, 5) is 0. The van der Waals surface area contributed by atoms with E-state index in [4.69, 9.17) is 9.47 Å². The molecule has 0 saturated carbocycles. The van der Waals surface area contributed by atoms with Gasteiger partial charge in [0.1, 0.15) is 0 Å². The highest BCUT2D eigenvalue weighted by Gasteiger charge is 2.17. The molecule has 2 nitrogen and oxygen atoms in total. The van der Waals surface area contributed by atoms with Crippen molar-refractivity contribution in [2.24, 2.45) is 0 Å². The summed E-state index contributed by atoms with van der Waals surface area (Å²) >= 11 is 0. The van der Waals surface area contributed by atoms with Crippen molar-refractivity contribution >= 4 is 0 Å². The van der Waals surface area contributed by atoms with Crippen molar-refractivity contribution in [2.75, 3.05) is 14.2 Å². The van der Waals surface area contributed by atoms with Gasteiger partial charge in [0, 0.05) is 13.0 Å². The standard InChI is InChI=1S/C16H18O2/c1-17-11-13-7-3-5-9-15(13)16-10-6-4-8-14(16)12-18-2/h3-11,15H,12H2,1-2H3/b13-11-. The molecule has 0 bridgehead atoms. The van der Waals surface area contributed by atoms with Gasteiger partial charge in [0.25, 0.3) is 0 Å². The van der Waals surface area contributed by atoms with E-state index in [1.54, 1.807) is 20.5 Å². The van der Waals surface area contributed by atoms with Crippen LogP contribution >= 0.6 is 0 Å². The summed E-state index contributed by atoms with van der Waals surface area (Å²) in [6.45, 7) is 0.629. The molecule has 2 rings (SSSR count). The fourth-order valence-corrected chi connectivity index (χ4v) is 2.21. The summed E-state index contributed by atoms with van der Waals surface area (Å²) < 4.78 is 10.4. The highest BCUT2D eigenvalue weighted by molar-refractivity contribution is 5.46. The largest absolute Gasteiger partial charge is 0.504 e. The summed E-state index contributed by atoms with van der Waals surface area (Å²) in [6, 6.07) is 8.35. The van der Waals surface area contributed by atoms with E-state index in [0.29, 0.717) is 6.61 Å². The molecule has 1 unspecified atom stereocenters. The van der Waals surface area contributed by atoms with Gasteiger partial charge in [-0.3, -0.25) is 0 Å². The fourth-order valence-electron chi connectivity index (χ4n) is 2.21. The van der Waals surface area contributed by atoms with Crippen LogP contribution in [0.15, 0.2) is 60.4 Å². The van der Waals surface area contributed by atoms with E-state index in [0.717, 1.165) is 5.57 Å². The van der Waals surface area contributed by atoms with Crippen molar-refractivity contribution in [2.45, 2.75) is 12.5 Å². The molecule has 0 saturated heterocycles. The molecule has 0 N–H and O–H groups in total. The molecule has 0 aromatic heterocycles. The molecule has 1 aliphatic rings. The molecule has 1 aromatic carbocycles. The summed E-state index contributed by atoms with van der Waals surface area (Å²) in [6.07, 6.45) is 10.2. The van der Waals surface area contributed by atoms with Crippen molar-refractivity contribution in [1.82, 2.24) is 0 Å². The van der Waals surface area contributed by atoms with Crippen molar-refractivity contribution in [3.63, 3.8) is 0 Å². The van der Waals surface area contributed by atoms with Crippen molar-refractivity contribution < 1.29 is 9.47 Å². The van der Waals surface area contributed by atoms with Gasteiger partial charge in [-0.05, 0) is 16.7 Å². The molecule has 18 heavy (non-hydrogen) atoms. The molecule has 2 heteroatoms. The maximum Gasteiger partial charge on any atom is 0.0866 e. The first kappa shape index (κ1) is 12.7. The first-order valence-corrected chi connectivity index (χ1v) is 6.01. The summed E-state index contributed by atoms with van der Waals surface area (Å²) in [5, 5.41) is 0. The molecule has 0 spiro atoms. The third-order valence-electron chi connectivity index (χ3n) is 3.01. The lowest BCUT2D eigenvalue weighted by Crippen LogP contribution is -2.05. The minimum absolute atomic E-state index is 0.237. The first-order chi connectivity index (χ1) is 8.86. The molecule has 0 fully saturated rings. The van der Waals surface area contributed by atoms with Gasteiger partial charge < -0.3 is 9.47 Å². The fraction of sp³-hybridized carbons (Fsp3) is 0.250. The summed E-state index contributed by atoms with van der Waals surface area (Å²) in [5.74, 6) is 0.237. The van der Waals surface area contributed by atoms with E-state index in [1.807, 2.05) is 12.1 Å². The maximum atomic E-state index is 5.26. The minimum Gasteiger partial charge on any atom is -0.504 e. The second-order valence-electron chi connectivity index (χ2n) is 4.21. The molecule has 0 aliphatic heterocycles. The zero-order valence-electron chi connectivity index (χ0n) is 10.8. The predicted molar refractivity (Wildman–Crippen MR) is 73.3 cm³/mol. The number of methoxy groups -OCH3 is 2. The van der Waals surface area contributed by atoms with Crippen LogP contribution in [0.3, 0.4) is 0 Å². The lowest BCUT2D eigenvalue weighted by molar-refractivity contribution is 0.184. The van der Waals surface area contributed by atoms with Crippen LogP contribution in [-0.2, 0) is 16.1 Å². The molecule has 0 amide bonds. The molecule has 0 heterocycles. The van der Waals surface area contributed by atoms with Gasteiger partial charge >= 0.3 is 0 Å². The number of rotatable bonds is 4. The average Bonchev–Trinajstić information content (AvgIpc) is 2.41. The Bertz CT molecular complexity index is 484. The molecule has 1 aliphatic carbocycles. The number of hydrogen-bond donors (Lipinski definition) is 0. The third-order valence-corrected chi connectivity index (χ3v) is 3.01. The Hall–Kier alpha value is -1.80. The summed E-state index contributed by atoms with van der Waals surface area (Å²) in [7, 11) is 3.40. The van der Waals surface area contributed by atoms with Crippen LogP contribution in [0.2, 0.25) is 0 Å². The van der Waals surface area contributed by atoms with Gasteiger partial charge in [0.15, 0.2) is 0 Å². The van der Waals surface area contributed by atoms with Gasteiger partial charge in [-0.25, -0.2) is 0 Å². The predicted octanol–water partition coefficient (Wildman–Crippen LogP) is 3.57. The van der Waals surface area contributed by atoms with E-state index < -0.39 is 0 Å². The van der Waals surface area contributed by atoms with Crippen LogP contribution < -0.4 is 0 Å².